The second-order valence-corrected chi connectivity index (χ2v) is 5.98. The van der Waals surface area contributed by atoms with Crippen LogP contribution in [0.15, 0.2) is 6.33 Å². The average molecular weight is 263 g/mol. The van der Waals surface area contributed by atoms with E-state index < -0.39 is 0 Å². The molecule has 1 aliphatic rings. The number of Topliss-reactive ketones (excluding diaryl/α,β-unsaturated/α-hetero) is 1. The number of carbonyl (C=O) groups is 1. The molecule has 0 spiro atoms. The van der Waals surface area contributed by atoms with Gasteiger partial charge in [0.05, 0.1) is 6.42 Å². The third-order valence-corrected chi connectivity index (χ3v) is 4.35. The van der Waals surface area contributed by atoms with Gasteiger partial charge in [-0.2, -0.15) is 5.10 Å². The van der Waals surface area contributed by atoms with Gasteiger partial charge >= 0.3 is 0 Å². The van der Waals surface area contributed by atoms with Crippen LogP contribution in [0.4, 0.5) is 0 Å². The average Bonchev–Trinajstić information content (AvgIpc) is 2.87. The number of carbonyl (C=O) groups excluding carboxylic acids is 1. The first-order valence-corrected chi connectivity index (χ1v) is 7.52. The molecule has 0 aromatic carbocycles. The van der Waals surface area contributed by atoms with E-state index in [0.717, 1.165) is 24.6 Å². The van der Waals surface area contributed by atoms with E-state index in [1.54, 1.807) is 6.33 Å². The van der Waals surface area contributed by atoms with E-state index >= 15 is 0 Å². The summed E-state index contributed by atoms with van der Waals surface area (Å²) in [4.78, 5) is 16.6. The SMILES string of the molecule is CCC1CCC(C(=O)Cc2ncnn2C(C)C)CC1. The minimum absolute atomic E-state index is 0.250. The Morgan fingerprint density at radius 1 is 1.37 bits per heavy atom. The zero-order valence-corrected chi connectivity index (χ0v) is 12.3. The zero-order chi connectivity index (χ0) is 13.8. The molecule has 2 rings (SSSR count). The van der Waals surface area contributed by atoms with E-state index in [1.807, 2.05) is 4.68 Å². The molecule has 1 aromatic rings. The molecule has 1 aromatic heterocycles. The maximum Gasteiger partial charge on any atom is 0.143 e. The Morgan fingerprint density at radius 3 is 2.63 bits per heavy atom. The van der Waals surface area contributed by atoms with Gasteiger partial charge in [-0.3, -0.25) is 4.79 Å². The second kappa shape index (κ2) is 6.31. The highest BCUT2D eigenvalue weighted by atomic mass is 16.1. The molecule has 0 atom stereocenters. The van der Waals surface area contributed by atoms with Crippen LogP contribution in [0.3, 0.4) is 0 Å². The third kappa shape index (κ3) is 3.43. The maximum atomic E-state index is 12.4. The smallest absolute Gasteiger partial charge is 0.143 e. The summed E-state index contributed by atoms with van der Waals surface area (Å²) in [5.41, 5.74) is 0. The zero-order valence-electron chi connectivity index (χ0n) is 12.3. The molecule has 1 heterocycles. The molecule has 1 aliphatic carbocycles. The van der Waals surface area contributed by atoms with E-state index in [-0.39, 0.29) is 12.0 Å². The highest BCUT2D eigenvalue weighted by Crippen LogP contribution is 2.31. The summed E-state index contributed by atoms with van der Waals surface area (Å²) in [6, 6.07) is 0.265. The Morgan fingerprint density at radius 2 is 2.05 bits per heavy atom. The number of ketones is 1. The quantitative estimate of drug-likeness (QED) is 0.819. The number of rotatable bonds is 5. The minimum atomic E-state index is 0.250. The van der Waals surface area contributed by atoms with Gasteiger partial charge in [-0.25, -0.2) is 9.67 Å². The van der Waals surface area contributed by atoms with Crippen molar-refractivity contribution in [3.63, 3.8) is 0 Å². The molecule has 0 radical (unpaired) electrons. The topological polar surface area (TPSA) is 47.8 Å². The molecule has 0 amide bonds. The Kier molecular flexibility index (Phi) is 4.72. The van der Waals surface area contributed by atoms with Crippen LogP contribution >= 0.6 is 0 Å². The van der Waals surface area contributed by atoms with Crippen molar-refractivity contribution in [2.45, 2.75) is 65.3 Å². The summed E-state index contributed by atoms with van der Waals surface area (Å²) >= 11 is 0. The number of hydrogen-bond acceptors (Lipinski definition) is 3. The Hall–Kier alpha value is -1.19. The van der Waals surface area contributed by atoms with Crippen molar-refractivity contribution < 1.29 is 4.79 Å². The normalized spacial score (nSPS) is 23.8. The van der Waals surface area contributed by atoms with Gasteiger partial charge in [-0.1, -0.05) is 13.3 Å². The molecule has 4 nitrogen and oxygen atoms in total. The first-order valence-electron chi connectivity index (χ1n) is 7.52. The van der Waals surface area contributed by atoms with Crippen LogP contribution in [0, 0.1) is 11.8 Å². The molecule has 0 aliphatic heterocycles. The van der Waals surface area contributed by atoms with Crippen LogP contribution in [0.1, 0.15) is 64.7 Å². The fourth-order valence-corrected chi connectivity index (χ4v) is 3.02. The first kappa shape index (κ1) is 14.2. The standard InChI is InChI=1S/C15H25N3O/c1-4-12-5-7-13(8-6-12)14(19)9-15-16-10-17-18(15)11(2)3/h10-13H,4-9H2,1-3H3. The van der Waals surface area contributed by atoms with Crippen LogP contribution in [0.5, 0.6) is 0 Å². The summed E-state index contributed by atoms with van der Waals surface area (Å²) in [5, 5.41) is 4.19. The molecular formula is C15H25N3O. The fourth-order valence-electron chi connectivity index (χ4n) is 3.02. The largest absolute Gasteiger partial charge is 0.299 e. The second-order valence-electron chi connectivity index (χ2n) is 5.98. The number of aromatic nitrogens is 3. The maximum absolute atomic E-state index is 12.4. The van der Waals surface area contributed by atoms with Crippen molar-refractivity contribution >= 4 is 5.78 Å². The lowest BCUT2D eigenvalue weighted by molar-refractivity contribution is -0.123. The lowest BCUT2D eigenvalue weighted by Gasteiger charge is -2.26. The molecule has 0 bridgehead atoms. The van der Waals surface area contributed by atoms with E-state index in [0.29, 0.717) is 12.2 Å². The van der Waals surface area contributed by atoms with Crippen molar-refractivity contribution in [3.05, 3.63) is 12.2 Å². The van der Waals surface area contributed by atoms with E-state index in [9.17, 15) is 4.79 Å². The lowest BCUT2D eigenvalue weighted by atomic mass is 9.78. The van der Waals surface area contributed by atoms with Crippen molar-refractivity contribution in [1.82, 2.24) is 14.8 Å². The molecular weight excluding hydrogens is 238 g/mol. The first-order chi connectivity index (χ1) is 9.11. The molecule has 19 heavy (non-hydrogen) atoms. The molecule has 0 unspecified atom stereocenters. The van der Waals surface area contributed by atoms with Crippen LogP contribution < -0.4 is 0 Å². The summed E-state index contributed by atoms with van der Waals surface area (Å²) < 4.78 is 1.86. The highest BCUT2D eigenvalue weighted by molar-refractivity contribution is 5.82. The van der Waals surface area contributed by atoms with Crippen molar-refractivity contribution in [2.75, 3.05) is 0 Å². The predicted octanol–water partition coefficient (Wildman–Crippen LogP) is 3.19. The van der Waals surface area contributed by atoms with E-state index in [2.05, 4.69) is 30.9 Å². The Balaban J connectivity index is 1.92. The van der Waals surface area contributed by atoms with Gasteiger partial charge < -0.3 is 0 Å². The van der Waals surface area contributed by atoms with Gasteiger partial charge in [0, 0.05) is 12.0 Å². The summed E-state index contributed by atoms with van der Waals surface area (Å²) in [5.74, 6) is 2.26. The third-order valence-electron chi connectivity index (χ3n) is 4.35. The molecule has 4 heteroatoms. The van der Waals surface area contributed by atoms with Crippen molar-refractivity contribution in [3.8, 4) is 0 Å². The lowest BCUT2D eigenvalue weighted by Crippen LogP contribution is -2.24. The highest BCUT2D eigenvalue weighted by Gasteiger charge is 2.26. The van der Waals surface area contributed by atoms with Gasteiger partial charge in [-0.05, 0) is 45.4 Å². The van der Waals surface area contributed by atoms with Crippen molar-refractivity contribution in [2.24, 2.45) is 11.8 Å². The van der Waals surface area contributed by atoms with Crippen LogP contribution in [-0.2, 0) is 11.2 Å². The van der Waals surface area contributed by atoms with Crippen molar-refractivity contribution in [1.29, 1.82) is 0 Å². The number of nitrogens with zero attached hydrogens (tertiary/aromatic N) is 3. The molecule has 1 fully saturated rings. The van der Waals surface area contributed by atoms with Crippen LogP contribution in [0.25, 0.3) is 0 Å². The van der Waals surface area contributed by atoms with E-state index in [4.69, 9.17) is 0 Å². The minimum Gasteiger partial charge on any atom is -0.299 e. The van der Waals surface area contributed by atoms with Gasteiger partial charge in [-0.15, -0.1) is 0 Å². The van der Waals surface area contributed by atoms with Gasteiger partial charge in [0.15, 0.2) is 0 Å². The predicted molar refractivity (Wildman–Crippen MR) is 74.9 cm³/mol. The van der Waals surface area contributed by atoms with Crippen LogP contribution in [0.2, 0.25) is 0 Å². The van der Waals surface area contributed by atoms with Gasteiger partial charge in [0.2, 0.25) is 0 Å². The van der Waals surface area contributed by atoms with E-state index in [1.165, 1.54) is 19.3 Å². The summed E-state index contributed by atoms with van der Waals surface area (Å²) in [7, 11) is 0. The molecule has 0 N–H and O–H groups in total. The van der Waals surface area contributed by atoms with Gasteiger partial charge in [0.1, 0.15) is 17.9 Å². The van der Waals surface area contributed by atoms with Gasteiger partial charge in [0.25, 0.3) is 0 Å². The monoisotopic (exact) mass is 263 g/mol. The molecule has 0 saturated heterocycles. The van der Waals surface area contributed by atoms with Crippen LogP contribution in [-0.4, -0.2) is 20.5 Å². The molecule has 106 valence electrons. The summed E-state index contributed by atoms with van der Waals surface area (Å²) in [6.07, 6.45) is 7.80. The number of hydrogen-bond donors (Lipinski definition) is 0. The fraction of sp³-hybridized carbons (Fsp3) is 0.800. The Bertz CT molecular complexity index is 417. The molecule has 1 saturated carbocycles. The summed E-state index contributed by atoms with van der Waals surface area (Å²) in [6.45, 7) is 6.38. The Labute approximate surface area is 115 Å².